The van der Waals surface area contributed by atoms with Gasteiger partial charge in [0.05, 0.1) is 5.69 Å². The van der Waals surface area contributed by atoms with Crippen LogP contribution in [0.3, 0.4) is 0 Å². The quantitative estimate of drug-likeness (QED) is 0.708. The molecule has 0 atom stereocenters. The van der Waals surface area contributed by atoms with Gasteiger partial charge in [-0.2, -0.15) is 0 Å². The van der Waals surface area contributed by atoms with Crippen LogP contribution in [0, 0.1) is 0 Å². The van der Waals surface area contributed by atoms with E-state index in [1.807, 2.05) is 35.2 Å². The van der Waals surface area contributed by atoms with E-state index in [-0.39, 0.29) is 25.5 Å². The zero-order valence-electron chi connectivity index (χ0n) is 16.9. The Balaban J connectivity index is 1.15. The standard InChI is InChI=1S/C23H22ClN3O4/c24-16-1-3-19-15(11-16)13-29-23(28)27(19)17-5-8-25(9-6-17)22-7-10-26(22)18-2-4-20-21(12-18)31-14-30-20/h1-4,7,11-12,17H,5-6,8-10,13-14H2. The number of cyclic esters (lactones) is 1. The van der Waals surface area contributed by atoms with Gasteiger partial charge in [-0.15, -0.1) is 0 Å². The molecule has 7 nitrogen and oxygen atoms in total. The molecule has 6 rings (SSSR count). The van der Waals surface area contributed by atoms with Crippen molar-refractivity contribution < 1.29 is 19.0 Å². The highest BCUT2D eigenvalue weighted by molar-refractivity contribution is 6.30. The van der Waals surface area contributed by atoms with Crippen molar-refractivity contribution in [2.24, 2.45) is 0 Å². The summed E-state index contributed by atoms with van der Waals surface area (Å²) in [5, 5.41) is 0.659. The molecule has 2 aromatic carbocycles. The summed E-state index contributed by atoms with van der Waals surface area (Å²) < 4.78 is 16.4. The Kier molecular flexibility index (Phi) is 4.38. The number of ether oxygens (including phenoxy) is 3. The fourth-order valence-corrected chi connectivity index (χ4v) is 4.96. The number of rotatable bonds is 3. The predicted octanol–water partition coefficient (Wildman–Crippen LogP) is 4.35. The summed E-state index contributed by atoms with van der Waals surface area (Å²) in [6, 6.07) is 11.8. The van der Waals surface area contributed by atoms with Crippen LogP contribution in [0.1, 0.15) is 18.4 Å². The molecule has 4 aliphatic rings. The summed E-state index contributed by atoms with van der Waals surface area (Å²) in [5.41, 5.74) is 2.99. The van der Waals surface area contributed by atoms with Gasteiger partial charge in [0, 0.05) is 48.0 Å². The van der Waals surface area contributed by atoms with Crippen molar-refractivity contribution in [3.63, 3.8) is 0 Å². The van der Waals surface area contributed by atoms with E-state index in [4.69, 9.17) is 25.8 Å². The largest absolute Gasteiger partial charge is 0.454 e. The minimum absolute atomic E-state index is 0.114. The number of hydrogen-bond donors (Lipinski definition) is 0. The molecule has 1 fully saturated rings. The zero-order chi connectivity index (χ0) is 20.9. The average Bonchev–Trinajstić information content (AvgIpc) is 3.22. The lowest BCUT2D eigenvalue weighted by molar-refractivity contribution is 0.134. The number of carbonyl (C=O) groups excluding carboxylic acids is 1. The number of nitrogens with zero attached hydrogens (tertiary/aromatic N) is 3. The Morgan fingerprint density at radius 3 is 2.61 bits per heavy atom. The Labute approximate surface area is 185 Å². The van der Waals surface area contributed by atoms with Crippen LogP contribution in [0.2, 0.25) is 5.02 Å². The maximum atomic E-state index is 12.6. The van der Waals surface area contributed by atoms with E-state index >= 15 is 0 Å². The first kappa shape index (κ1) is 18.7. The molecule has 2 aromatic rings. The predicted molar refractivity (Wildman–Crippen MR) is 117 cm³/mol. The lowest BCUT2D eigenvalue weighted by Crippen LogP contribution is -2.52. The van der Waals surface area contributed by atoms with Gasteiger partial charge < -0.3 is 24.0 Å². The molecule has 4 heterocycles. The molecule has 0 saturated carbocycles. The third-order valence-corrected chi connectivity index (χ3v) is 6.64. The van der Waals surface area contributed by atoms with E-state index in [0.29, 0.717) is 5.02 Å². The summed E-state index contributed by atoms with van der Waals surface area (Å²) in [7, 11) is 0. The van der Waals surface area contributed by atoms with Crippen LogP contribution in [-0.4, -0.2) is 43.5 Å². The van der Waals surface area contributed by atoms with Gasteiger partial charge in [-0.3, -0.25) is 4.90 Å². The third-order valence-electron chi connectivity index (χ3n) is 6.40. The molecule has 0 unspecified atom stereocenters. The topological polar surface area (TPSA) is 54.5 Å². The molecule has 0 spiro atoms. The second-order valence-electron chi connectivity index (χ2n) is 8.13. The average molecular weight is 440 g/mol. The van der Waals surface area contributed by atoms with Crippen LogP contribution in [0.15, 0.2) is 48.3 Å². The Hall–Kier alpha value is -3.06. The number of likely N-dealkylation sites (tertiary alicyclic amines) is 1. The number of carbonyl (C=O) groups is 1. The maximum Gasteiger partial charge on any atom is 0.414 e. The Morgan fingerprint density at radius 1 is 0.968 bits per heavy atom. The fourth-order valence-electron chi connectivity index (χ4n) is 4.77. The van der Waals surface area contributed by atoms with Gasteiger partial charge in [-0.25, -0.2) is 4.79 Å². The summed E-state index contributed by atoms with van der Waals surface area (Å²) >= 11 is 6.13. The number of piperidine rings is 1. The molecular weight excluding hydrogens is 418 g/mol. The van der Waals surface area contributed by atoms with E-state index in [1.165, 1.54) is 5.82 Å². The van der Waals surface area contributed by atoms with Gasteiger partial charge in [0.25, 0.3) is 0 Å². The fraction of sp³-hybridized carbons (Fsp3) is 0.348. The van der Waals surface area contributed by atoms with Crippen LogP contribution >= 0.6 is 11.6 Å². The van der Waals surface area contributed by atoms with E-state index in [1.54, 1.807) is 0 Å². The highest BCUT2D eigenvalue weighted by atomic mass is 35.5. The van der Waals surface area contributed by atoms with E-state index in [2.05, 4.69) is 21.9 Å². The van der Waals surface area contributed by atoms with Crippen molar-refractivity contribution in [1.29, 1.82) is 0 Å². The lowest BCUT2D eigenvalue weighted by Gasteiger charge is -2.46. The molecular formula is C23H22ClN3O4. The van der Waals surface area contributed by atoms with Gasteiger partial charge in [0.2, 0.25) is 6.79 Å². The van der Waals surface area contributed by atoms with E-state index in [9.17, 15) is 4.79 Å². The third kappa shape index (κ3) is 3.15. The molecule has 1 amide bonds. The van der Waals surface area contributed by atoms with Crippen molar-refractivity contribution in [3.8, 4) is 11.5 Å². The number of halogens is 1. The molecule has 160 valence electrons. The van der Waals surface area contributed by atoms with Gasteiger partial charge in [-0.1, -0.05) is 11.6 Å². The monoisotopic (exact) mass is 439 g/mol. The maximum absolute atomic E-state index is 12.6. The second-order valence-corrected chi connectivity index (χ2v) is 8.56. The molecule has 8 heteroatoms. The van der Waals surface area contributed by atoms with Crippen molar-refractivity contribution in [3.05, 3.63) is 58.9 Å². The zero-order valence-corrected chi connectivity index (χ0v) is 17.7. The lowest BCUT2D eigenvalue weighted by atomic mass is 10.00. The van der Waals surface area contributed by atoms with Crippen LogP contribution in [0.4, 0.5) is 16.2 Å². The first-order chi connectivity index (χ1) is 15.2. The smallest absolute Gasteiger partial charge is 0.414 e. The number of amides is 1. The van der Waals surface area contributed by atoms with Crippen LogP contribution in [-0.2, 0) is 11.3 Å². The Morgan fingerprint density at radius 2 is 1.81 bits per heavy atom. The van der Waals surface area contributed by atoms with E-state index in [0.717, 1.165) is 60.9 Å². The summed E-state index contributed by atoms with van der Waals surface area (Å²) in [5.74, 6) is 2.81. The summed E-state index contributed by atoms with van der Waals surface area (Å²) in [6.45, 7) is 3.20. The van der Waals surface area contributed by atoms with E-state index < -0.39 is 0 Å². The molecule has 0 aromatic heterocycles. The minimum atomic E-state index is -0.266. The number of anilines is 2. The molecule has 1 saturated heterocycles. The second kappa shape index (κ2) is 7.27. The van der Waals surface area contributed by atoms with Crippen LogP contribution in [0.25, 0.3) is 0 Å². The molecule has 4 aliphatic heterocycles. The molecule has 0 N–H and O–H groups in total. The van der Waals surface area contributed by atoms with Crippen LogP contribution < -0.4 is 19.3 Å². The highest BCUT2D eigenvalue weighted by Crippen LogP contribution is 2.39. The summed E-state index contributed by atoms with van der Waals surface area (Å²) in [6.07, 6.45) is 3.74. The first-order valence-corrected chi connectivity index (χ1v) is 10.9. The first-order valence-electron chi connectivity index (χ1n) is 10.5. The normalized spacial score (nSPS) is 20.2. The van der Waals surface area contributed by atoms with Crippen molar-refractivity contribution in [2.45, 2.75) is 25.5 Å². The molecule has 0 radical (unpaired) electrons. The van der Waals surface area contributed by atoms with Gasteiger partial charge >= 0.3 is 6.09 Å². The van der Waals surface area contributed by atoms with Gasteiger partial charge in [0.15, 0.2) is 11.5 Å². The molecule has 31 heavy (non-hydrogen) atoms. The van der Waals surface area contributed by atoms with Crippen molar-refractivity contribution in [1.82, 2.24) is 4.90 Å². The molecule has 0 bridgehead atoms. The van der Waals surface area contributed by atoms with Crippen molar-refractivity contribution in [2.75, 3.05) is 36.2 Å². The van der Waals surface area contributed by atoms with Crippen LogP contribution in [0.5, 0.6) is 11.5 Å². The van der Waals surface area contributed by atoms with Gasteiger partial charge in [-0.05, 0) is 49.2 Å². The highest BCUT2D eigenvalue weighted by Gasteiger charge is 2.36. The number of fused-ring (bicyclic) bond motifs is 2. The Bertz CT molecular complexity index is 1080. The van der Waals surface area contributed by atoms with Gasteiger partial charge in [0.1, 0.15) is 12.4 Å². The SMILES string of the molecule is O=C1OCc2cc(Cl)ccc2N1C1CCN(C2=CCN2c2ccc3c(c2)OCO3)CC1. The van der Waals surface area contributed by atoms with Crippen molar-refractivity contribution >= 4 is 29.1 Å². The number of benzene rings is 2. The molecule has 0 aliphatic carbocycles. The summed E-state index contributed by atoms with van der Waals surface area (Å²) in [4.78, 5) is 19.1. The minimum Gasteiger partial charge on any atom is -0.454 e. The number of hydrogen-bond acceptors (Lipinski definition) is 6.